The molecule has 0 saturated carbocycles. The number of carboxylic acids is 4. The molecule has 6 N–H and O–H groups in total. The van der Waals surface area contributed by atoms with Crippen molar-refractivity contribution < 1.29 is 53.9 Å². The van der Waals surface area contributed by atoms with Crippen LogP contribution < -0.4 is 5.73 Å². The van der Waals surface area contributed by atoms with Crippen LogP contribution >= 0.6 is 76.8 Å². The van der Waals surface area contributed by atoms with Crippen LogP contribution in [0.2, 0.25) is 0 Å². The van der Waals surface area contributed by atoms with Crippen molar-refractivity contribution in [2.75, 3.05) is 72.1 Å². The Bertz CT molecular complexity index is 6200. The first-order valence-corrected chi connectivity index (χ1v) is 56.0. The zero-order chi connectivity index (χ0) is 109. The van der Waals surface area contributed by atoms with Crippen molar-refractivity contribution in [3.63, 3.8) is 0 Å². The Hall–Kier alpha value is -12.5. The number of aliphatic imine (C=N–C) groups is 2. The van der Waals surface area contributed by atoms with E-state index in [0.717, 1.165) is 93.4 Å². The van der Waals surface area contributed by atoms with Crippen LogP contribution in [0.3, 0.4) is 0 Å². The number of carbonyl (C=O) groups is 5. The highest BCUT2D eigenvalue weighted by Gasteiger charge is 2.25. The molecule has 0 aliphatic carbocycles. The van der Waals surface area contributed by atoms with Gasteiger partial charge in [-0.1, -0.05) is 194 Å². The Morgan fingerprint density at radius 1 is 0.463 bits per heavy atom. The second kappa shape index (κ2) is 66.0. The van der Waals surface area contributed by atoms with Gasteiger partial charge in [-0.25, -0.2) is 29.3 Å². The van der Waals surface area contributed by atoms with E-state index in [1.807, 2.05) is 177 Å². The molecule has 0 aliphatic rings. The molecule has 28 nitrogen and oxygen atoms in total. The topological polar surface area (TPSA) is 390 Å². The number of benzene rings is 5. The summed E-state index contributed by atoms with van der Waals surface area (Å²) in [7, 11) is 4.85. The number of nitrogens with two attached hydrogens (primary N) is 1. The number of fused-ring (bicyclic) bond motifs is 4. The molecule has 16 aromatic rings. The minimum Gasteiger partial charge on any atom is -0.481 e. The van der Waals surface area contributed by atoms with E-state index in [2.05, 4.69) is 245 Å². The molecule has 0 spiro atoms. The first kappa shape index (κ1) is 125. The number of rotatable bonds is 24. The molecular weight excluding hydrogens is 1980 g/mol. The lowest BCUT2D eigenvalue weighted by Gasteiger charge is -2.19. The molecule has 11 aromatic heterocycles. The molecule has 16 rings (SSSR count). The number of esters is 1. The van der Waals surface area contributed by atoms with Gasteiger partial charge in [0, 0.05) is 68.4 Å². The lowest BCUT2D eigenvalue weighted by Crippen LogP contribution is -2.20. The third-order valence-corrected chi connectivity index (χ3v) is 25.7. The predicted octanol–water partition coefficient (Wildman–Crippen LogP) is 26.2. The van der Waals surface area contributed by atoms with Gasteiger partial charge < -0.3 is 35.6 Å². The normalized spacial score (nSPS) is 11.0. The maximum Gasteiger partial charge on any atom is 0.317 e. The number of thiazole rings is 4. The molecule has 35 heteroatoms. The molecular formula is C112H144N17O11PS6. The van der Waals surface area contributed by atoms with Crippen LogP contribution in [0.1, 0.15) is 211 Å². The number of nitrogens with zero attached hydrogens (tertiary/aromatic N) is 16. The van der Waals surface area contributed by atoms with Gasteiger partial charge >= 0.3 is 29.8 Å². The van der Waals surface area contributed by atoms with Gasteiger partial charge in [-0.3, -0.25) is 63.8 Å². The summed E-state index contributed by atoms with van der Waals surface area (Å²) < 4.78 is 18.8. The van der Waals surface area contributed by atoms with Crippen LogP contribution in [-0.4, -0.2) is 210 Å². The Morgan fingerprint density at radius 2 is 0.850 bits per heavy atom. The summed E-state index contributed by atoms with van der Waals surface area (Å²) in [5.74, 6) is -0.440. The van der Waals surface area contributed by atoms with Gasteiger partial charge in [0.2, 0.25) is 0 Å². The fraction of sp³-hybridized carbons (Fsp3) is 0.357. The van der Waals surface area contributed by atoms with Crippen molar-refractivity contribution in [3.8, 4) is 20.0 Å². The minimum absolute atomic E-state index is 0.0163. The average molecular weight is 2130 g/mol. The second-order valence-corrected chi connectivity index (χ2v) is 45.7. The van der Waals surface area contributed by atoms with Gasteiger partial charge in [0.05, 0.1) is 130 Å². The van der Waals surface area contributed by atoms with Crippen LogP contribution in [0, 0.1) is 0 Å². The molecule has 147 heavy (non-hydrogen) atoms. The summed E-state index contributed by atoms with van der Waals surface area (Å²) in [6.07, 6.45) is 16.5. The monoisotopic (exact) mass is 2130 g/mol. The van der Waals surface area contributed by atoms with Crippen LogP contribution in [-0.2, 0) is 69.9 Å². The van der Waals surface area contributed by atoms with Crippen molar-refractivity contribution in [3.05, 3.63) is 312 Å². The quantitative estimate of drug-likeness (QED) is 0.0213. The van der Waals surface area contributed by atoms with Gasteiger partial charge in [-0.2, -0.15) is 33.7 Å². The number of hydrogen-bond donors (Lipinski definition) is 5. The molecule has 0 saturated heterocycles. The zero-order valence-electron chi connectivity index (χ0n) is 89.1. The molecule has 0 unspecified atom stereocenters. The highest BCUT2D eigenvalue weighted by molar-refractivity contribution is 7.99. The van der Waals surface area contributed by atoms with Crippen LogP contribution in [0.4, 0.5) is 5.69 Å². The lowest BCUT2D eigenvalue weighted by molar-refractivity contribution is -0.142. The largest absolute Gasteiger partial charge is 0.481 e. The van der Waals surface area contributed by atoms with E-state index in [0.29, 0.717) is 43.1 Å². The summed E-state index contributed by atoms with van der Waals surface area (Å²) in [6.45, 7) is 44.0. The number of methoxy groups -OCH3 is 1. The van der Waals surface area contributed by atoms with Gasteiger partial charge in [0.1, 0.15) is 13.3 Å². The smallest absolute Gasteiger partial charge is 0.317 e. The molecule has 0 atom stereocenters. The standard InChI is InChI=1S/C22H24N2S2.C19H32N4.C14H8N2S2.C12H10N2.C10H14N2.C8H9NO2.C7H9NO.C7H9NS.C4H9NO2.C4H9O2P.C3H6O2S.C2H5NO2/c1-21(2,3)13-9-7-11-15-17(13)23-19(25-15)20-24-18-14(22(4,5)6)10-8-12-16(18)26-20;1-12(2)16-9-18(14(5)6)22(20-16)11-23-19(15(7)8)10-17(21-23)13(3)4;1-3-7-11-9(5-1)15-13(17-11)14-16-10-6-2-4-8-12(10)18-14;1-2-6-11(7-3-1)14-10-12-8-4-5-9-13-12;1-10(2,3)12-8-9-6-4-5-7-11-9;1-7(10)11-6-8-4-2-3-5-9-8;2*1-9-6-7-4-2-3-5-8-7;1-5(2)3-4(6)7;1-7(2)3-4(5)6;1-6-2-3(4)5;3-1-2(4)5/h7-12H,1-6H3;9-10,12-15H,11H2,1-8H3;1-8H;1-10H;4-8H,1-3H3;2-5H,6H2,1H3;2*2-5H,6H2,1H3;3H2,1-2H3,(H,6,7);3H2,1-2H3,(H,5,6);2H2,1H3,(H,4,5);1,3H2,(H,4,5). The Labute approximate surface area is 892 Å². The summed E-state index contributed by atoms with van der Waals surface area (Å²) in [5.41, 5.74) is 22.2. The number of aromatic nitrogens is 13. The van der Waals surface area contributed by atoms with Gasteiger partial charge in [-0.05, 0) is 228 Å². The molecule has 0 amide bonds. The number of pyridine rings is 5. The number of carboxylic acid groups (broad SMARTS) is 4. The highest BCUT2D eigenvalue weighted by atomic mass is 32.2. The molecule has 784 valence electrons. The van der Waals surface area contributed by atoms with E-state index >= 15 is 0 Å². The number of thioether (sulfide) groups is 2. The maximum atomic E-state index is 10.4. The van der Waals surface area contributed by atoms with Crippen molar-refractivity contribution in [2.24, 2.45) is 15.7 Å². The Morgan fingerprint density at radius 3 is 1.16 bits per heavy atom. The molecule has 11 heterocycles. The molecule has 0 bridgehead atoms. The minimum atomic E-state index is -0.968. The van der Waals surface area contributed by atoms with Gasteiger partial charge in [0.15, 0.2) is 20.0 Å². The molecule has 0 aliphatic heterocycles. The van der Waals surface area contributed by atoms with E-state index < -0.39 is 23.9 Å². The summed E-state index contributed by atoms with van der Waals surface area (Å²) in [5, 5.41) is 45.4. The van der Waals surface area contributed by atoms with Crippen molar-refractivity contribution in [2.45, 2.75) is 190 Å². The molecule has 0 fully saturated rings. The fourth-order valence-corrected chi connectivity index (χ4v) is 17.6. The molecule has 0 radical (unpaired) electrons. The number of likely N-dealkylation sites (N-methyl/N-ethyl adjacent to an activating group) is 1. The zero-order valence-corrected chi connectivity index (χ0v) is 94.9. The number of hydrogen-bond acceptors (Lipinski definition) is 28. The summed E-state index contributed by atoms with van der Waals surface area (Å²) in [4.78, 5) is 98.7. The van der Waals surface area contributed by atoms with E-state index in [1.54, 1.807) is 127 Å². The lowest BCUT2D eigenvalue weighted by atomic mass is 9.86. The maximum absolute atomic E-state index is 10.4. The Balaban J connectivity index is 0.000000292. The van der Waals surface area contributed by atoms with Crippen molar-refractivity contribution >= 4 is 166 Å². The summed E-state index contributed by atoms with van der Waals surface area (Å²) >= 11 is 10.00. The number of para-hydroxylation sites is 5. The first-order valence-electron chi connectivity index (χ1n) is 47.5. The SMILES string of the molecule is C(=Nc1ccccc1)c1ccccn1.CC(=O)OCc1ccccn1.CC(C)(C)N=Cc1ccccn1.CC(C)(C)c1cccc2sc(-c3nc4c(C(C)(C)C)cccc4s3)nc12.CC(C)c1cc(C(C)C)n(Cn2nc(C(C)C)cc2C(C)C)n1.CN(C)CC(=O)O.COCc1ccccn1.CP(C)CC(=O)O.CSCC(=O)O.CSCc1ccccn1.NCC(=O)O.c1ccc2sc(-c3nc4ccccc4s3)nc2c1. The third-order valence-electron chi connectivity index (χ3n) is 19.3. The second-order valence-electron chi connectivity index (χ2n) is 37.4. The first-order chi connectivity index (χ1) is 69.7. The van der Waals surface area contributed by atoms with Crippen molar-refractivity contribution in [1.29, 1.82) is 0 Å². The number of carbonyl (C=O) groups excluding carboxylic acids is 1. The Kier molecular flexibility index (Phi) is 56.1. The van der Waals surface area contributed by atoms with Crippen LogP contribution in [0.25, 0.3) is 60.9 Å². The number of ether oxygens (including phenoxy) is 2. The highest BCUT2D eigenvalue weighted by Crippen LogP contribution is 2.42. The fourth-order valence-electron chi connectivity index (χ4n) is 12.4. The van der Waals surface area contributed by atoms with E-state index in [9.17, 15) is 24.0 Å². The number of aliphatic carboxylic acids is 4. The van der Waals surface area contributed by atoms with Crippen LogP contribution in [0.15, 0.2) is 259 Å². The molecule has 5 aromatic carbocycles. The van der Waals surface area contributed by atoms with Gasteiger partial charge in [-0.15, -0.1) is 53.3 Å². The third kappa shape index (κ3) is 49.3. The predicted molar refractivity (Wildman–Crippen MR) is 616 cm³/mol. The van der Waals surface area contributed by atoms with Crippen LogP contribution in [0.5, 0.6) is 0 Å². The van der Waals surface area contributed by atoms with E-state index in [4.69, 9.17) is 50.1 Å². The van der Waals surface area contributed by atoms with E-state index in [-0.39, 0.29) is 55.7 Å². The summed E-state index contributed by atoms with van der Waals surface area (Å²) in [6, 6.07) is 72.5. The van der Waals surface area contributed by atoms with Crippen molar-refractivity contribution in [1.82, 2.24) is 69.3 Å². The average Bonchev–Trinajstić information content (AvgIpc) is 1.57. The van der Waals surface area contributed by atoms with Gasteiger partial charge in [0.25, 0.3) is 0 Å². The van der Waals surface area contributed by atoms with E-state index in [1.165, 1.54) is 60.0 Å².